The first-order valence-corrected chi connectivity index (χ1v) is 7.78. The fourth-order valence-electron chi connectivity index (χ4n) is 2.96. The predicted molar refractivity (Wildman–Crippen MR) is 74.6 cm³/mol. The molecule has 0 spiro atoms. The Morgan fingerprint density at radius 3 is 2.55 bits per heavy atom. The quantitative estimate of drug-likeness (QED) is 0.926. The van der Waals surface area contributed by atoms with Gasteiger partial charge >= 0.3 is 5.97 Å². The van der Waals surface area contributed by atoms with E-state index in [1.54, 1.807) is 12.1 Å². The monoisotopic (exact) mass is 296 g/mol. The van der Waals surface area contributed by atoms with Crippen molar-refractivity contribution in [3.05, 3.63) is 29.6 Å². The molecule has 1 aliphatic heterocycles. The van der Waals surface area contributed by atoms with Gasteiger partial charge in [0.2, 0.25) is 0 Å². The summed E-state index contributed by atoms with van der Waals surface area (Å²) in [5.74, 6) is -1.14. The van der Waals surface area contributed by atoms with Crippen molar-refractivity contribution >= 4 is 17.7 Å². The van der Waals surface area contributed by atoms with Gasteiger partial charge in [-0.15, -0.1) is 11.8 Å². The first-order valence-electron chi connectivity index (χ1n) is 6.90. The summed E-state index contributed by atoms with van der Waals surface area (Å²) in [5.41, 5.74) is -0.280. The van der Waals surface area contributed by atoms with Crippen LogP contribution in [0, 0.1) is 5.82 Å². The minimum absolute atomic E-state index is 0.313. The van der Waals surface area contributed by atoms with E-state index in [1.165, 1.54) is 17.8 Å². The van der Waals surface area contributed by atoms with Crippen molar-refractivity contribution in [1.82, 2.24) is 0 Å². The zero-order chi connectivity index (χ0) is 14.2. The molecule has 1 N–H and O–H groups in total. The third kappa shape index (κ3) is 2.33. The number of ether oxygens (including phenoxy) is 1. The van der Waals surface area contributed by atoms with Crippen LogP contribution in [0.15, 0.2) is 23.1 Å². The van der Waals surface area contributed by atoms with E-state index in [0.29, 0.717) is 41.8 Å². The molecule has 0 unspecified atom stereocenters. The van der Waals surface area contributed by atoms with Gasteiger partial charge in [0.25, 0.3) is 0 Å². The maximum absolute atomic E-state index is 14.2. The number of halogens is 1. The lowest BCUT2D eigenvalue weighted by molar-refractivity contribution is -0.143. The van der Waals surface area contributed by atoms with Crippen LogP contribution in [0.1, 0.15) is 31.2 Å². The van der Waals surface area contributed by atoms with Crippen LogP contribution >= 0.6 is 11.8 Å². The second-order valence-corrected chi connectivity index (χ2v) is 6.86. The zero-order valence-corrected chi connectivity index (χ0v) is 11.9. The number of carboxylic acids is 1. The van der Waals surface area contributed by atoms with Crippen molar-refractivity contribution in [3.63, 3.8) is 0 Å². The first-order chi connectivity index (χ1) is 9.62. The van der Waals surface area contributed by atoms with E-state index in [1.807, 2.05) is 0 Å². The van der Waals surface area contributed by atoms with Crippen LogP contribution in [0.25, 0.3) is 0 Å². The van der Waals surface area contributed by atoms with E-state index in [4.69, 9.17) is 4.74 Å². The smallest absolute Gasteiger partial charge is 0.314 e. The lowest BCUT2D eigenvalue weighted by Gasteiger charge is -2.27. The van der Waals surface area contributed by atoms with Gasteiger partial charge in [-0.3, -0.25) is 4.79 Å². The lowest BCUT2D eigenvalue weighted by Crippen LogP contribution is -2.33. The molecule has 0 bridgehead atoms. The second-order valence-electron chi connectivity index (χ2n) is 5.52. The molecule has 0 aromatic heterocycles. The van der Waals surface area contributed by atoms with Gasteiger partial charge in [-0.25, -0.2) is 4.39 Å². The lowest BCUT2D eigenvalue weighted by atomic mass is 9.79. The molecule has 2 fully saturated rings. The Morgan fingerprint density at radius 2 is 2.05 bits per heavy atom. The van der Waals surface area contributed by atoms with Gasteiger partial charge in [-0.1, -0.05) is 18.9 Å². The van der Waals surface area contributed by atoms with E-state index in [2.05, 4.69) is 0 Å². The van der Waals surface area contributed by atoms with Crippen LogP contribution in [-0.4, -0.2) is 29.5 Å². The number of thioether (sulfide) groups is 1. The van der Waals surface area contributed by atoms with Gasteiger partial charge in [-0.05, 0) is 30.5 Å². The molecule has 5 heteroatoms. The summed E-state index contributed by atoms with van der Waals surface area (Å²) in [7, 11) is 0. The summed E-state index contributed by atoms with van der Waals surface area (Å²) in [5, 5.41) is 9.84. The Bertz CT molecular complexity index is 522. The van der Waals surface area contributed by atoms with E-state index < -0.39 is 11.4 Å². The topological polar surface area (TPSA) is 46.5 Å². The molecule has 108 valence electrons. The van der Waals surface area contributed by atoms with E-state index >= 15 is 0 Å². The maximum atomic E-state index is 14.2. The van der Waals surface area contributed by atoms with Crippen LogP contribution in [0.5, 0.6) is 0 Å². The molecule has 0 atom stereocenters. The molecule has 1 aromatic rings. The van der Waals surface area contributed by atoms with Gasteiger partial charge < -0.3 is 9.84 Å². The third-order valence-electron chi connectivity index (χ3n) is 4.25. The average molecular weight is 296 g/mol. The second kappa shape index (κ2) is 5.37. The maximum Gasteiger partial charge on any atom is 0.314 e. The first kappa shape index (κ1) is 13.9. The molecule has 0 amide bonds. The average Bonchev–Trinajstić information content (AvgIpc) is 2.85. The van der Waals surface area contributed by atoms with E-state index in [0.717, 1.165) is 12.8 Å². The summed E-state index contributed by atoms with van der Waals surface area (Å²) in [6.45, 7) is 1.32. The van der Waals surface area contributed by atoms with Crippen molar-refractivity contribution in [3.8, 4) is 0 Å². The molecule has 3 nitrogen and oxygen atoms in total. The number of carbonyl (C=O) groups is 1. The van der Waals surface area contributed by atoms with Crippen LogP contribution in [-0.2, 0) is 14.9 Å². The third-order valence-corrected chi connectivity index (χ3v) is 5.44. The summed E-state index contributed by atoms with van der Waals surface area (Å²) < 4.78 is 19.3. The fourth-order valence-corrected chi connectivity index (χ4v) is 3.97. The zero-order valence-electron chi connectivity index (χ0n) is 11.1. The summed E-state index contributed by atoms with van der Waals surface area (Å²) in [6, 6.07) is 4.92. The number of aliphatic carboxylic acids is 1. The Kier molecular flexibility index (Phi) is 3.73. The highest BCUT2D eigenvalue weighted by Crippen LogP contribution is 2.42. The molecule has 20 heavy (non-hydrogen) atoms. The summed E-state index contributed by atoms with van der Waals surface area (Å²) in [4.78, 5) is 12.2. The number of benzene rings is 1. The molecule has 2 aliphatic rings. The summed E-state index contributed by atoms with van der Waals surface area (Å²) in [6.07, 6.45) is 2.99. The van der Waals surface area contributed by atoms with Gasteiger partial charge in [0.1, 0.15) is 5.82 Å². The molecule has 1 heterocycles. The van der Waals surface area contributed by atoms with Crippen molar-refractivity contribution < 1.29 is 19.0 Å². The van der Waals surface area contributed by atoms with E-state index in [9.17, 15) is 14.3 Å². The van der Waals surface area contributed by atoms with Crippen LogP contribution in [0.3, 0.4) is 0 Å². The number of carboxylic acid groups (broad SMARTS) is 1. The molecule has 3 rings (SSSR count). The Hall–Kier alpha value is -1.07. The van der Waals surface area contributed by atoms with Crippen LogP contribution in [0.4, 0.5) is 4.39 Å². The molecule has 1 saturated carbocycles. The van der Waals surface area contributed by atoms with Crippen LogP contribution < -0.4 is 0 Å². The number of rotatable bonds is 4. The van der Waals surface area contributed by atoms with Gasteiger partial charge in [-0.2, -0.15) is 0 Å². The Morgan fingerprint density at radius 1 is 1.35 bits per heavy atom. The van der Waals surface area contributed by atoms with Crippen molar-refractivity contribution in [2.45, 2.75) is 41.2 Å². The molecule has 0 radical (unpaired) electrons. The normalized spacial score (nSPS) is 21.6. The molecule has 1 saturated heterocycles. The number of hydrogen-bond acceptors (Lipinski definition) is 3. The minimum Gasteiger partial charge on any atom is -0.481 e. The highest BCUT2D eigenvalue weighted by Gasteiger charge is 2.43. The largest absolute Gasteiger partial charge is 0.481 e. The minimum atomic E-state index is -0.885. The van der Waals surface area contributed by atoms with Crippen LogP contribution in [0.2, 0.25) is 0 Å². The Balaban J connectivity index is 1.86. The van der Waals surface area contributed by atoms with Gasteiger partial charge in [0.15, 0.2) is 0 Å². The number of hydrogen-bond donors (Lipinski definition) is 1. The highest BCUT2D eigenvalue weighted by molar-refractivity contribution is 8.00. The standard InChI is InChI=1S/C15H17FO3S/c16-12-7-10(15(14(17)18)5-1-2-6-15)3-4-13(12)20-11-8-19-9-11/h3-4,7,11H,1-2,5-6,8-9H2,(H,17,18). The van der Waals surface area contributed by atoms with E-state index in [-0.39, 0.29) is 5.82 Å². The molecule has 1 aliphatic carbocycles. The predicted octanol–water partition coefficient (Wildman–Crippen LogP) is 3.21. The molecular formula is C15H17FO3S. The Labute approximate surface area is 121 Å². The molecular weight excluding hydrogens is 279 g/mol. The van der Waals surface area contributed by atoms with Crippen molar-refractivity contribution in [2.24, 2.45) is 0 Å². The molecule has 1 aromatic carbocycles. The summed E-state index contributed by atoms with van der Waals surface area (Å²) >= 11 is 1.47. The highest BCUT2D eigenvalue weighted by atomic mass is 32.2. The SMILES string of the molecule is O=C(O)C1(c2ccc(SC3COC3)c(F)c2)CCCC1. The fraction of sp³-hybridized carbons (Fsp3) is 0.533. The van der Waals surface area contributed by atoms with Gasteiger partial charge in [0, 0.05) is 4.90 Å². The van der Waals surface area contributed by atoms with Crippen molar-refractivity contribution in [1.29, 1.82) is 0 Å². The van der Waals surface area contributed by atoms with Crippen molar-refractivity contribution in [2.75, 3.05) is 13.2 Å². The van der Waals surface area contributed by atoms with Gasteiger partial charge in [0.05, 0.1) is 23.9 Å².